The predicted octanol–water partition coefficient (Wildman–Crippen LogP) is 1.41. The number of hydrogen-bond donors (Lipinski definition) is 1. The molecular weight excluding hydrogens is 236 g/mol. The van der Waals surface area contributed by atoms with Crippen LogP contribution in [0.1, 0.15) is 18.1 Å². The largest absolute Gasteiger partial charge is 0.549 e. The summed E-state index contributed by atoms with van der Waals surface area (Å²) in [6.07, 6.45) is 0. The van der Waals surface area contributed by atoms with E-state index in [4.69, 9.17) is 0 Å². The first-order chi connectivity index (χ1) is 7.97. The summed E-state index contributed by atoms with van der Waals surface area (Å²) in [5, 5.41) is 10.7. The summed E-state index contributed by atoms with van der Waals surface area (Å²) in [7, 11) is 0. The van der Waals surface area contributed by atoms with Gasteiger partial charge in [-0.05, 0) is 44.0 Å². The summed E-state index contributed by atoms with van der Waals surface area (Å²) >= 11 is 1.16. The van der Waals surface area contributed by atoms with Crippen LogP contribution < -0.4 is 5.11 Å². The molecule has 0 saturated heterocycles. The van der Waals surface area contributed by atoms with E-state index < -0.39 is 11.2 Å². The average Bonchev–Trinajstić information content (AvgIpc) is 2.60. The number of thioether (sulfide) groups is 1. The predicted molar refractivity (Wildman–Crippen MR) is 65.9 cm³/mol. The summed E-state index contributed by atoms with van der Waals surface area (Å²) in [5.74, 6) is -1.08. The Morgan fingerprint density at radius 3 is 2.71 bits per heavy atom. The zero-order chi connectivity index (χ0) is 12.6. The fraction of sp³-hybridized carbons (Fsp3) is 0.333. The van der Waals surface area contributed by atoms with Gasteiger partial charge in [0.1, 0.15) is 0 Å². The van der Waals surface area contributed by atoms with Crippen molar-refractivity contribution in [2.75, 3.05) is 0 Å². The minimum atomic E-state index is -1.08. The van der Waals surface area contributed by atoms with Gasteiger partial charge in [-0.3, -0.25) is 0 Å². The van der Waals surface area contributed by atoms with E-state index in [2.05, 4.69) is 9.97 Å². The molecule has 0 bridgehead atoms. The van der Waals surface area contributed by atoms with Gasteiger partial charge in [0, 0.05) is 5.25 Å². The highest BCUT2D eigenvalue weighted by Crippen LogP contribution is 2.24. The van der Waals surface area contributed by atoms with Crippen LogP contribution in [0.25, 0.3) is 11.0 Å². The third-order valence-electron chi connectivity index (χ3n) is 2.70. The second-order valence-electron chi connectivity index (χ2n) is 4.07. The quantitative estimate of drug-likeness (QED) is 0.835. The molecule has 4 nitrogen and oxygen atoms in total. The van der Waals surface area contributed by atoms with Crippen LogP contribution in [0.3, 0.4) is 0 Å². The Labute approximate surface area is 103 Å². The zero-order valence-corrected chi connectivity index (χ0v) is 10.7. The number of carboxylic acid groups (broad SMARTS) is 1. The van der Waals surface area contributed by atoms with Gasteiger partial charge in [-0.1, -0.05) is 11.8 Å². The molecule has 0 aliphatic carbocycles. The molecule has 0 radical (unpaired) electrons. The van der Waals surface area contributed by atoms with Gasteiger partial charge in [0.2, 0.25) is 0 Å². The van der Waals surface area contributed by atoms with Gasteiger partial charge < -0.3 is 14.9 Å². The number of aliphatic carboxylic acids is 1. The van der Waals surface area contributed by atoms with Crippen molar-refractivity contribution < 1.29 is 9.90 Å². The highest BCUT2D eigenvalue weighted by Gasteiger charge is 2.10. The van der Waals surface area contributed by atoms with E-state index in [1.807, 2.05) is 26.0 Å². The molecule has 1 aromatic heterocycles. The van der Waals surface area contributed by atoms with Crippen molar-refractivity contribution >= 4 is 28.8 Å². The van der Waals surface area contributed by atoms with E-state index in [9.17, 15) is 9.90 Å². The van der Waals surface area contributed by atoms with Crippen LogP contribution in [-0.2, 0) is 4.79 Å². The molecule has 1 N–H and O–H groups in total. The highest BCUT2D eigenvalue weighted by molar-refractivity contribution is 8.00. The average molecular weight is 249 g/mol. The normalized spacial score (nSPS) is 12.9. The number of H-pyrrole nitrogens is 1. The molecule has 0 fully saturated rings. The number of carbonyl (C=O) groups excluding carboxylic acids is 1. The van der Waals surface area contributed by atoms with Crippen molar-refractivity contribution in [1.29, 1.82) is 0 Å². The number of benzene rings is 1. The van der Waals surface area contributed by atoms with E-state index in [1.54, 1.807) is 6.92 Å². The summed E-state index contributed by atoms with van der Waals surface area (Å²) < 4.78 is 0. The van der Waals surface area contributed by atoms with Crippen LogP contribution in [-0.4, -0.2) is 21.2 Å². The molecule has 2 aromatic rings. The van der Waals surface area contributed by atoms with Gasteiger partial charge in [0.05, 0.1) is 17.0 Å². The van der Waals surface area contributed by atoms with E-state index >= 15 is 0 Å². The lowest BCUT2D eigenvalue weighted by Gasteiger charge is -2.08. The number of nitrogens with one attached hydrogen (secondary N) is 1. The lowest BCUT2D eigenvalue weighted by Crippen LogP contribution is -2.31. The Morgan fingerprint density at radius 1 is 1.41 bits per heavy atom. The highest BCUT2D eigenvalue weighted by atomic mass is 32.2. The number of carbonyl (C=O) groups is 1. The third kappa shape index (κ3) is 2.44. The second-order valence-corrected chi connectivity index (χ2v) is 5.40. The monoisotopic (exact) mass is 249 g/mol. The number of carboxylic acids is 1. The van der Waals surface area contributed by atoms with Crippen molar-refractivity contribution in [1.82, 2.24) is 9.97 Å². The maximum atomic E-state index is 10.7. The van der Waals surface area contributed by atoms with Crippen LogP contribution in [0.4, 0.5) is 0 Å². The van der Waals surface area contributed by atoms with Gasteiger partial charge in [-0.15, -0.1) is 0 Å². The van der Waals surface area contributed by atoms with Crippen LogP contribution in [0, 0.1) is 13.8 Å². The number of aryl methyl sites for hydroxylation is 2. The van der Waals surface area contributed by atoms with E-state index in [0.29, 0.717) is 5.16 Å². The minimum absolute atomic E-state index is 0.613. The van der Waals surface area contributed by atoms with Crippen molar-refractivity contribution in [2.45, 2.75) is 31.2 Å². The maximum absolute atomic E-state index is 10.7. The molecule has 0 spiro atoms. The van der Waals surface area contributed by atoms with Gasteiger partial charge in [0.15, 0.2) is 5.16 Å². The summed E-state index contributed by atoms with van der Waals surface area (Å²) in [6, 6.07) is 4.01. The van der Waals surface area contributed by atoms with Gasteiger partial charge >= 0.3 is 0 Å². The standard InChI is InChI=1S/C12H14N2O2S/c1-6-4-9-10(5-7(6)2)14-12(13-9)17-8(3)11(15)16/h4-5,8H,1-3H3,(H,13,14)(H,15,16)/p-1/t8-/m0/s1. The number of hydrogen-bond acceptors (Lipinski definition) is 4. The number of fused-ring (bicyclic) bond motifs is 1. The van der Waals surface area contributed by atoms with Gasteiger partial charge in [0.25, 0.3) is 0 Å². The Balaban J connectivity index is 2.35. The molecule has 0 amide bonds. The lowest BCUT2D eigenvalue weighted by molar-refractivity contribution is -0.304. The number of imidazole rings is 1. The molecule has 1 aromatic carbocycles. The number of nitrogens with zero attached hydrogens (tertiary/aromatic N) is 1. The Bertz CT molecular complexity index is 538. The molecule has 5 heteroatoms. The first-order valence-electron chi connectivity index (χ1n) is 5.32. The fourth-order valence-corrected chi connectivity index (χ4v) is 2.27. The van der Waals surface area contributed by atoms with Crippen LogP contribution >= 0.6 is 11.8 Å². The van der Waals surface area contributed by atoms with Crippen molar-refractivity contribution in [3.05, 3.63) is 23.3 Å². The zero-order valence-electron chi connectivity index (χ0n) is 9.90. The number of rotatable bonds is 3. The molecule has 0 unspecified atom stereocenters. The topological polar surface area (TPSA) is 68.8 Å². The smallest absolute Gasteiger partial charge is 0.166 e. The van der Waals surface area contributed by atoms with Gasteiger partial charge in [-0.2, -0.15) is 0 Å². The molecule has 17 heavy (non-hydrogen) atoms. The number of aromatic amines is 1. The molecule has 0 aliphatic heterocycles. The molecular formula is C12H13N2O2S-. The summed E-state index contributed by atoms with van der Waals surface area (Å²) in [6.45, 7) is 5.65. The van der Waals surface area contributed by atoms with Crippen LogP contribution in [0.15, 0.2) is 17.3 Å². The summed E-state index contributed by atoms with van der Waals surface area (Å²) in [5.41, 5.74) is 4.15. The van der Waals surface area contributed by atoms with E-state index in [0.717, 1.165) is 22.8 Å². The number of aromatic nitrogens is 2. The van der Waals surface area contributed by atoms with Gasteiger partial charge in [-0.25, -0.2) is 4.98 Å². The first kappa shape index (κ1) is 12.0. The second kappa shape index (κ2) is 4.41. The molecule has 1 heterocycles. The molecule has 0 aliphatic rings. The third-order valence-corrected chi connectivity index (χ3v) is 3.66. The Hall–Kier alpha value is -1.49. The van der Waals surface area contributed by atoms with E-state index in [-0.39, 0.29) is 0 Å². The SMILES string of the molecule is Cc1cc2nc(S[C@@H](C)C(=O)[O-])[nH]c2cc1C. The Kier molecular flexibility index (Phi) is 3.11. The lowest BCUT2D eigenvalue weighted by atomic mass is 10.1. The van der Waals surface area contributed by atoms with Crippen molar-refractivity contribution in [3.63, 3.8) is 0 Å². The molecule has 90 valence electrons. The fourth-order valence-electron chi connectivity index (χ4n) is 1.52. The van der Waals surface area contributed by atoms with Crippen molar-refractivity contribution in [2.24, 2.45) is 0 Å². The maximum Gasteiger partial charge on any atom is 0.166 e. The van der Waals surface area contributed by atoms with Crippen LogP contribution in [0.5, 0.6) is 0 Å². The summed E-state index contributed by atoms with van der Waals surface area (Å²) in [4.78, 5) is 18.1. The molecule has 1 atom stereocenters. The first-order valence-corrected chi connectivity index (χ1v) is 6.20. The minimum Gasteiger partial charge on any atom is -0.549 e. The Morgan fingerprint density at radius 2 is 2.06 bits per heavy atom. The molecule has 0 saturated carbocycles. The molecule has 2 rings (SSSR count). The van der Waals surface area contributed by atoms with E-state index in [1.165, 1.54) is 11.1 Å². The van der Waals surface area contributed by atoms with Crippen molar-refractivity contribution in [3.8, 4) is 0 Å². The van der Waals surface area contributed by atoms with Crippen LogP contribution in [0.2, 0.25) is 0 Å².